The molecule has 0 saturated heterocycles. The van der Waals surface area contributed by atoms with Crippen molar-refractivity contribution in [2.24, 2.45) is 0 Å². The summed E-state index contributed by atoms with van der Waals surface area (Å²) < 4.78 is 0. The number of ketones is 1. The van der Waals surface area contributed by atoms with Crippen molar-refractivity contribution >= 4 is 22.5 Å². The molecule has 0 heterocycles. The Balaban J connectivity index is 2.05. The minimum atomic E-state index is -0.852. The van der Waals surface area contributed by atoms with Crippen LogP contribution in [0.25, 0.3) is 10.8 Å². The number of aliphatic carboxylic acids is 1. The van der Waals surface area contributed by atoms with Crippen LogP contribution in [0.1, 0.15) is 16.8 Å². The lowest BCUT2D eigenvalue weighted by Crippen LogP contribution is -2.28. The minimum Gasteiger partial charge on any atom is -0.481 e. The summed E-state index contributed by atoms with van der Waals surface area (Å²) in [4.78, 5) is 24.4. The second-order valence-corrected chi connectivity index (χ2v) is 4.87. The Bertz CT molecular complexity index is 636. The van der Waals surface area contributed by atoms with E-state index in [0.29, 0.717) is 12.1 Å². The molecule has 0 amide bonds. The molecule has 4 heteroatoms. The SMILES string of the molecule is CN(CCC(=O)O)CC(=O)c1ccc2ccccc2c1. The number of benzene rings is 2. The second kappa shape index (κ2) is 6.30. The molecule has 104 valence electrons. The van der Waals surface area contributed by atoms with Gasteiger partial charge in [-0.05, 0) is 23.9 Å². The lowest BCUT2D eigenvalue weighted by Gasteiger charge is -2.14. The number of Topliss-reactive ketones (excluding diaryl/α,β-unsaturated/α-hetero) is 1. The van der Waals surface area contributed by atoms with Crippen molar-refractivity contribution in [1.82, 2.24) is 4.90 Å². The number of carboxylic acid groups (broad SMARTS) is 1. The molecule has 2 rings (SSSR count). The summed E-state index contributed by atoms with van der Waals surface area (Å²) in [5.74, 6) is -0.848. The standard InChI is InChI=1S/C16H17NO3/c1-17(9-8-16(19)20)11-15(18)14-7-6-12-4-2-3-5-13(12)10-14/h2-7,10H,8-9,11H2,1H3,(H,19,20). The molecule has 0 bridgehead atoms. The monoisotopic (exact) mass is 271 g/mol. The average Bonchev–Trinajstić information content (AvgIpc) is 2.44. The summed E-state index contributed by atoms with van der Waals surface area (Å²) >= 11 is 0. The zero-order chi connectivity index (χ0) is 14.5. The van der Waals surface area contributed by atoms with Crippen molar-refractivity contribution < 1.29 is 14.7 Å². The smallest absolute Gasteiger partial charge is 0.304 e. The van der Waals surface area contributed by atoms with E-state index >= 15 is 0 Å². The molecule has 0 aromatic heterocycles. The van der Waals surface area contributed by atoms with Gasteiger partial charge in [-0.2, -0.15) is 0 Å². The summed E-state index contributed by atoms with van der Waals surface area (Å²) in [6, 6.07) is 13.5. The normalized spacial score (nSPS) is 10.9. The van der Waals surface area contributed by atoms with Crippen LogP contribution < -0.4 is 0 Å². The summed E-state index contributed by atoms with van der Waals surface area (Å²) in [5, 5.41) is 10.8. The first-order chi connectivity index (χ1) is 9.56. The Kier molecular flexibility index (Phi) is 4.48. The van der Waals surface area contributed by atoms with Crippen LogP contribution in [0.4, 0.5) is 0 Å². The number of carboxylic acids is 1. The van der Waals surface area contributed by atoms with Gasteiger partial charge in [-0.3, -0.25) is 14.5 Å². The maximum atomic E-state index is 12.2. The highest BCUT2D eigenvalue weighted by Gasteiger charge is 2.10. The number of rotatable bonds is 6. The van der Waals surface area contributed by atoms with E-state index in [4.69, 9.17) is 5.11 Å². The van der Waals surface area contributed by atoms with Crippen LogP contribution in [0.15, 0.2) is 42.5 Å². The molecule has 1 N–H and O–H groups in total. The Morgan fingerprint density at radius 2 is 1.80 bits per heavy atom. The molecule has 0 saturated carbocycles. The molecule has 20 heavy (non-hydrogen) atoms. The molecular formula is C16H17NO3. The van der Waals surface area contributed by atoms with Crippen molar-refractivity contribution in [2.75, 3.05) is 20.1 Å². The van der Waals surface area contributed by atoms with Gasteiger partial charge >= 0.3 is 5.97 Å². The molecular weight excluding hydrogens is 254 g/mol. The molecule has 0 radical (unpaired) electrons. The van der Waals surface area contributed by atoms with Crippen LogP contribution in [0.2, 0.25) is 0 Å². The maximum absolute atomic E-state index is 12.2. The van der Waals surface area contributed by atoms with Crippen molar-refractivity contribution in [3.63, 3.8) is 0 Å². The molecule has 2 aromatic rings. The lowest BCUT2D eigenvalue weighted by molar-refractivity contribution is -0.137. The zero-order valence-corrected chi connectivity index (χ0v) is 11.4. The molecule has 0 aliphatic heterocycles. The average molecular weight is 271 g/mol. The van der Waals surface area contributed by atoms with E-state index in [2.05, 4.69) is 0 Å². The Morgan fingerprint density at radius 1 is 1.10 bits per heavy atom. The topological polar surface area (TPSA) is 57.6 Å². The zero-order valence-electron chi connectivity index (χ0n) is 11.4. The van der Waals surface area contributed by atoms with Crippen LogP contribution in [0, 0.1) is 0 Å². The first-order valence-corrected chi connectivity index (χ1v) is 6.48. The quantitative estimate of drug-likeness (QED) is 0.820. The fourth-order valence-electron chi connectivity index (χ4n) is 2.06. The number of carbonyl (C=O) groups is 2. The van der Waals surface area contributed by atoms with E-state index in [1.807, 2.05) is 42.5 Å². The van der Waals surface area contributed by atoms with Gasteiger partial charge in [0.25, 0.3) is 0 Å². The van der Waals surface area contributed by atoms with E-state index in [9.17, 15) is 9.59 Å². The fraction of sp³-hybridized carbons (Fsp3) is 0.250. The van der Waals surface area contributed by atoms with Gasteiger partial charge < -0.3 is 5.11 Å². The van der Waals surface area contributed by atoms with Gasteiger partial charge in [0.05, 0.1) is 13.0 Å². The predicted octanol–water partition coefficient (Wildman–Crippen LogP) is 2.43. The predicted molar refractivity (Wildman–Crippen MR) is 78.0 cm³/mol. The third-order valence-corrected chi connectivity index (χ3v) is 3.19. The molecule has 0 aliphatic carbocycles. The van der Waals surface area contributed by atoms with Crippen LogP contribution in [0.3, 0.4) is 0 Å². The third-order valence-electron chi connectivity index (χ3n) is 3.19. The van der Waals surface area contributed by atoms with Crippen molar-refractivity contribution in [1.29, 1.82) is 0 Å². The molecule has 0 atom stereocenters. The molecule has 0 aliphatic rings. The number of carbonyl (C=O) groups excluding carboxylic acids is 1. The number of likely N-dealkylation sites (N-methyl/N-ethyl adjacent to an activating group) is 1. The van der Waals surface area contributed by atoms with Crippen LogP contribution >= 0.6 is 0 Å². The van der Waals surface area contributed by atoms with Gasteiger partial charge in [-0.25, -0.2) is 0 Å². The summed E-state index contributed by atoms with van der Waals surface area (Å²) in [7, 11) is 1.75. The highest BCUT2D eigenvalue weighted by atomic mass is 16.4. The number of fused-ring (bicyclic) bond motifs is 1. The van der Waals surface area contributed by atoms with Gasteiger partial charge in [0.2, 0.25) is 0 Å². The molecule has 2 aromatic carbocycles. The van der Waals surface area contributed by atoms with Crippen molar-refractivity contribution in [3.8, 4) is 0 Å². The Hall–Kier alpha value is -2.20. The van der Waals surface area contributed by atoms with Gasteiger partial charge in [-0.1, -0.05) is 36.4 Å². The molecule has 4 nitrogen and oxygen atoms in total. The Labute approximate surface area is 117 Å². The number of hydrogen-bond donors (Lipinski definition) is 1. The van der Waals surface area contributed by atoms with E-state index in [1.165, 1.54) is 0 Å². The first kappa shape index (κ1) is 14.2. The van der Waals surface area contributed by atoms with Crippen molar-refractivity contribution in [3.05, 3.63) is 48.0 Å². The molecule has 0 unspecified atom stereocenters. The number of nitrogens with zero attached hydrogens (tertiary/aromatic N) is 1. The third kappa shape index (κ3) is 3.65. The van der Waals surface area contributed by atoms with Gasteiger partial charge in [-0.15, -0.1) is 0 Å². The van der Waals surface area contributed by atoms with E-state index < -0.39 is 5.97 Å². The molecule has 0 spiro atoms. The van der Waals surface area contributed by atoms with Gasteiger partial charge in [0.15, 0.2) is 5.78 Å². The van der Waals surface area contributed by atoms with Crippen LogP contribution in [-0.4, -0.2) is 41.9 Å². The fourth-order valence-corrected chi connectivity index (χ4v) is 2.06. The van der Waals surface area contributed by atoms with E-state index in [1.54, 1.807) is 11.9 Å². The number of hydrogen-bond acceptors (Lipinski definition) is 3. The lowest BCUT2D eigenvalue weighted by atomic mass is 10.0. The first-order valence-electron chi connectivity index (χ1n) is 6.48. The van der Waals surface area contributed by atoms with Crippen molar-refractivity contribution in [2.45, 2.75) is 6.42 Å². The van der Waals surface area contributed by atoms with E-state index in [0.717, 1.165) is 10.8 Å². The second-order valence-electron chi connectivity index (χ2n) is 4.87. The highest BCUT2D eigenvalue weighted by molar-refractivity contribution is 6.01. The summed E-state index contributed by atoms with van der Waals surface area (Å²) in [6.07, 6.45) is 0.0432. The van der Waals surface area contributed by atoms with Crippen LogP contribution in [0.5, 0.6) is 0 Å². The largest absolute Gasteiger partial charge is 0.481 e. The van der Waals surface area contributed by atoms with Gasteiger partial charge in [0.1, 0.15) is 0 Å². The summed E-state index contributed by atoms with van der Waals surface area (Å²) in [5.41, 5.74) is 0.658. The molecule has 0 fully saturated rings. The van der Waals surface area contributed by atoms with Gasteiger partial charge in [0, 0.05) is 12.1 Å². The summed E-state index contributed by atoms with van der Waals surface area (Å²) in [6.45, 7) is 0.597. The Morgan fingerprint density at radius 3 is 2.50 bits per heavy atom. The minimum absolute atomic E-state index is 0.00337. The maximum Gasteiger partial charge on any atom is 0.304 e. The van der Waals surface area contributed by atoms with E-state index in [-0.39, 0.29) is 18.7 Å². The highest BCUT2D eigenvalue weighted by Crippen LogP contribution is 2.16. The van der Waals surface area contributed by atoms with Crippen LogP contribution in [-0.2, 0) is 4.79 Å².